The summed E-state index contributed by atoms with van der Waals surface area (Å²) >= 11 is 0. The first kappa shape index (κ1) is 20.8. The Morgan fingerprint density at radius 3 is 2.22 bits per heavy atom. The van der Waals surface area contributed by atoms with E-state index in [0.29, 0.717) is 11.3 Å². The van der Waals surface area contributed by atoms with Crippen LogP contribution in [-0.4, -0.2) is 28.5 Å². The number of hydrogen-bond acceptors (Lipinski definition) is 4. The number of imide groups is 1. The summed E-state index contributed by atoms with van der Waals surface area (Å²) in [6.45, 7) is 0. The third-order valence-corrected chi connectivity index (χ3v) is 7.78. The van der Waals surface area contributed by atoms with Crippen molar-refractivity contribution in [2.75, 3.05) is 4.90 Å². The monoisotopic (exact) mass is 470 g/mol. The third-order valence-electron chi connectivity index (χ3n) is 7.78. The topological polar surface area (TPSA) is 57.7 Å². The van der Waals surface area contributed by atoms with Gasteiger partial charge in [0.25, 0.3) is 0 Å². The van der Waals surface area contributed by atoms with Gasteiger partial charge >= 0.3 is 0 Å². The molecule has 2 saturated heterocycles. The van der Waals surface area contributed by atoms with Gasteiger partial charge in [-0.1, -0.05) is 84.9 Å². The molecular formula is C31H22N2O3. The van der Waals surface area contributed by atoms with Gasteiger partial charge in [-0.25, -0.2) is 4.90 Å². The van der Waals surface area contributed by atoms with Gasteiger partial charge in [0.1, 0.15) is 6.04 Å². The van der Waals surface area contributed by atoms with E-state index in [1.54, 1.807) is 12.1 Å². The van der Waals surface area contributed by atoms with Gasteiger partial charge in [-0.05, 0) is 40.1 Å². The van der Waals surface area contributed by atoms with E-state index in [9.17, 15) is 14.4 Å². The summed E-state index contributed by atoms with van der Waals surface area (Å²) in [4.78, 5) is 45.2. The molecule has 0 radical (unpaired) electrons. The zero-order chi connectivity index (χ0) is 24.4. The van der Waals surface area contributed by atoms with Gasteiger partial charge in [0.05, 0.1) is 23.6 Å². The van der Waals surface area contributed by atoms with E-state index in [2.05, 4.69) is 0 Å². The highest BCUT2D eigenvalue weighted by Crippen LogP contribution is 2.53. The Hall–Kier alpha value is -4.51. The Balaban J connectivity index is 1.38. The fraction of sp³-hybridized carbons (Fsp3) is 0.129. The lowest BCUT2D eigenvalue weighted by Gasteiger charge is -2.35. The van der Waals surface area contributed by atoms with Crippen LogP contribution >= 0.6 is 0 Å². The number of fused-ring (bicyclic) bond motifs is 6. The van der Waals surface area contributed by atoms with Crippen LogP contribution in [0.15, 0.2) is 103 Å². The van der Waals surface area contributed by atoms with Gasteiger partial charge in [0, 0.05) is 11.8 Å². The number of amides is 2. The molecule has 0 aromatic heterocycles. The maximum absolute atomic E-state index is 14.0. The fourth-order valence-corrected chi connectivity index (χ4v) is 6.20. The Bertz CT molecular complexity index is 1590. The molecule has 4 aromatic carbocycles. The Labute approximate surface area is 208 Å². The van der Waals surface area contributed by atoms with Gasteiger partial charge in [-0.15, -0.1) is 0 Å². The van der Waals surface area contributed by atoms with E-state index in [1.807, 2.05) is 102 Å². The molecule has 0 bridgehead atoms. The third kappa shape index (κ3) is 2.86. The number of Topliss-reactive ketones (excluding diaryl/α,β-unsaturated/α-hetero) is 1. The Morgan fingerprint density at radius 2 is 1.39 bits per heavy atom. The molecule has 0 saturated carbocycles. The number of benzene rings is 4. The molecule has 3 aliphatic heterocycles. The lowest BCUT2D eigenvalue weighted by atomic mass is 9.83. The highest BCUT2D eigenvalue weighted by atomic mass is 16.2. The second-order valence-corrected chi connectivity index (χ2v) is 9.61. The maximum atomic E-state index is 14.0. The highest BCUT2D eigenvalue weighted by Gasteiger charge is 2.64. The molecule has 174 valence electrons. The number of hydrogen-bond donors (Lipinski definition) is 0. The van der Waals surface area contributed by atoms with Crippen LogP contribution in [0.4, 0.5) is 5.69 Å². The zero-order valence-corrected chi connectivity index (χ0v) is 19.3. The van der Waals surface area contributed by atoms with Crippen LogP contribution in [0.3, 0.4) is 0 Å². The van der Waals surface area contributed by atoms with Crippen LogP contribution in [0.25, 0.3) is 16.8 Å². The van der Waals surface area contributed by atoms with Crippen LogP contribution in [-0.2, 0) is 9.59 Å². The van der Waals surface area contributed by atoms with E-state index in [4.69, 9.17) is 0 Å². The van der Waals surface area contributed by atoms with Gasteiger partial charge in [-0.2, -0.15) is 0 Å². The summed E-state index contributed by atoms with van der Waals surface area (Å²) in [5.74, 6) is -2.11. The predicted molar refractivity (Wildman–Crippen MR) is 138 cm³/mol. The summed E-state index contributed by atoms with van der Waals surface area (Å²) in [6.07, 6.45) is 3.85. The molecule has 5 nitrogen and oxygen atoms in total. The standard InChI is InChI=1S/C31H22N2O3/c34-29(21-10-2-1-3-11-21)28-26-25(27-24-13-7-6-9-20(24)16-17-32(27)28)30(35)33(31(26)36)23-15-14-19-8-4-5-12-22(19)18-23/h1-18,25-28H. The largest absolute Gasteiger partial charge is 0.358 e. The molecule has 4 aromatic rings. The first-order valence-electron chi connectivity index (χ1n) is 12.1. The second-order valence-electron chi connectivity index (χ2n) is 9.61. The fourth-order valence-electron chi connectivity index (χ4n) is 6.20. The smallest absolute Gasteiger partial charge is 0.240 e. The van der Waals surface area contributed by atoms with Crippen LogP contribution in [0, 0.1) is 11.8 Å². The minimum Gasteiger partial charge on any atom is -0.358 e. The van der Waals surface area contributed by atoms with Crippen LogP contribution in [0.5, 0.6) is 0 Å². The van der Waals surface area contributed by atoms with Crippen molar-refractivity contribution in [3.8, 4) is 0 Å². The van der Waals surface area contributed by atoms with E-state index in [0.717, 1.165) is 21.9 Å². The molecule has 0 N–H and O–H groups in total. The molecule has 5 heteroatoms. The summed E-state index contributed by atoms with van der Waals surface area (Å²) in [5, 5.41) is 1.99. The van der Waals surface area contributed by atoms with Gasteiger partial charge < -0.3 is 4.90 Å². The number of carbonyl (C=O) groups excluding carboxylic acids is 3. The Morgan fingerprint density at radius 1 is 0.694 bits per heavy atom. The lowest BCUT2D eigenvalue weighted by molar-refractivity contribution is -0.123. The maximum Gasteiger partial charge on any atom is 0.240 e. The normalized spacial score (nSPS) is 24.1. The first-order chi connectivity index (χ1) is 17.6. The first-order valence-corrected chi connectivity index (χ1v) is 12.1. The van der Waals surface area contributed by atoms with Gasteiger partial charge in [-0.3, -0.25) is 14.4 Å². The quantitative estimate of drug-likeness (QED) is 0.304. The summed E-state index contributed by atoms with van der Waals surface area (Å²) < 4.78 is 0. The summed E-state index contributed by atoms with van der Waals surface area (Å²) in [7, 11) is 0. The SMILES string of the molecule is O=C(c1ccccc1)C1C2C(=O)N(c3ccc4ccccc4c3)C(=O)C2C2c3ccccc3C=CN12. The second kappa shape index (κ2) is 7.75. The van der Waals surface area contributed by atoms with Crippen molar-refractivity contribution in [2.24, 2.45) is 11.8 Å². The molecule has 3 heterocycles. The molecule has 4 atom stereocenters. The number of rotatable bonds is 3. The zero-order valence-electron chi connectivity index (χ0n) is 19.3. The van der Waals surface area contributed by atoms with Crippen LogP contribution < -0.4 is 4.90 Å². The summed E-state index contributed by atoms with van der Waals surface area (Å²) in [6, 6.07) is 29.3. The minimum atomic E-state index is -0.766. The number of nitrogens with zero attached hydrogens (tertiary/aromatic N) is 2. The molecule has 4 unspecified atom stereocenters. The van der Waals surface area contributed by atoms with Crippen molar-refractivity contribution >= 4 is 40.1 Å². The molecule has 2 fully saturated rings. The van der Waals surface area contributed by atoms with Crippen LogP contribution in [0.1, 0.15) is 27.5 Å². The molecule has 7 rings (SSSR count). The van der Waals surface area contributed by atoms with Crippen molar-refractivity contribution in [1.82, 2.24) is 4.90 Å². The van der Waals surface area contributed by atoms with Crippen molar-refractivity contribution in [2.45, 2.75) is 12.1 Å². The summed E-state index contributed by atoms with van der Waals surface area (Å²) in [5.41, 5.74) is 3.07. The van der Waals surface area contributed by atoms with E-state index in [1.165, 1.54) is 4.90 Å². The number of anilines is 1. The predicted octanol–water partition coefficient (Wildman–Crippen LogP) is 5.24. The van der Waals surface area contributed by atoms with E-state index < -0.39 is 17.9 Å². The average molecular weight is 471 g/mol. The molecule has 2 amide bonds. The van der Waals surface area contributed by atoms with E-state index >= 15 is 0 Å². The van der Waals surface area contributed by atoms with Gasteiger partial charge in [0.15, 0.2) is 5.78 Å². The number of carbonyl (C=O) groups is 3. The minimum absolute atomic E-state index is 0.140. The molecule has 0 aliphatic carbocycles. The Kier molecular flexibility index (Phi) is 4.48. The van der Waals surface area contributed by atoms with Crippen molar-refractivity contribution < 1.29 is 14.4 Å². The average Bonchev–Trinajstić information content (AvgIpc) is 3.40. The molecular weight excluding hydrogens is 448 g/mol. The van der Waals surface area contributed by atoms with Crippen molar-refractivity contribution in [3.63, 3.8) is 0 Å². The number of ketones is 1. The van der Waals surface area contributed by atoms with Crippen LogP contribution in [0.2, 0.25) is 0 Å². The lowest BCUT2D eigenvalue weighted by Crippen LogP contribution is -2.44. The molecule has 0 spiro atoms. The van der Waals surface area contributed by atoms with Crippen molar-refractivity contribution in [3.05, 3.63) is 120 Å². The van der Waals surface area contributed by atoms with Gasteiger partial charge in [0.2, 0.25) is 11.8 Å². The highest BCUT2D eigenvalue weighted by molar-refractivity contribution is 6.25. The molecule has 3 aliphatic rings. The molecule has 36 heavy (non-hydrogen) atoms. The van der Waals surface area contributed by atoms with E-state index in [-0.39, 0.29) is 23.6 Å². The van der Waals surface area contributed by atoms with Crippen molar-refractivity contribution in [1.29, 1.82) is 0 Å².